The number of nitriles is 1. The highest BCUT2D eigenvalue weighted by Gasteiger charge is 2.19. The second-order valence-electron chi connectivity index (χ2n) is 7.61. The van der Waals surface area contributed by atoms with Crippen molar-refractivity contribution in [3.05, 3.63) is 59.8 Å². The van der Waals surface area contributed by atoms with E-state index < -0.39 is 16.0 Å². The van der Waals surface area contributed by atoms with Crippen molar-refractivity contribution < 1.29 is 27.2 Å². The molecule has 33 heavy (non-hydrogen) atoms. The summed E-state index contributed by atoms with van der Waals surface area (Å²) in [5.74, 6) is 0.914. The second kappa shape index (κ2) is 9.50. The maximum Gasteiger partial charge on any atom is 0.294 e. The summed E-state index contributed by atoms with van der Waals surface area (Å²) in [7, 11) is -4.31. The molecule has 2 N–H and O–H groups in total. The van der Waals surface area contributed by atoms with E-state index in [1.54, 1.807) is 6.20 Å². The van der Waals surface area contributed by atoms with Gasteiger partial charge in [-0.15, -0.1) is 0 Å². The molecule has 2 aliphatic heterocycles. The van der Waals surface area contributed by atoms with Gasteiger partial charge < -0.3 is 19.7 Å². The first-order valence-electron chi connectivity index (χ1n) is 10.2. The molecule has 2 aromatic rings. The van der Waals surface area contributed by atoms with Gasteiger partial charge in [-0.25, -0.2) is 0 Å². The van der Waals surface area contributed by atoms with Gasteiger partial charge in [0.25, 0.3) is 16.0 Å². The van der Waals surface area contributed by atoms with E-state index in [0.717, 1.165) is 36.7 Å². The molecule has 10 nitrogen and oxygen atoms in total. The number of piperazine rings is 1. The molecular formula is C22H22N4O6S. The van der Waals surface area contributed by atoms with Crippen molar-refractivity contribution in [3.63, 3.8) is 0 Å². The van der Waals surface area contributed by atoms with Gasteiger partial charge in [-0.3, -0.25) is 14.2 Å². The van der Waals surface area contributed by atoms with Gasteiger partial charge in [-0.05, 0) is 42.0 Å². The number of nitrogens with zero attached hydrogens (tertiary/aromatic N) is 3. The Hall–Kier alpha value is -3.59. The zero-order valence-electron chi connectivity index (χ0n) is 17.6. The quantitative estimate of drug-likeness (QED) is 0.369. The highest BCUT2D eigenvalue weighted by atomic mass is 32.2. The van der Waals surface area contributed by atoms with Crippen molar-refractivity contribution in [1.82, 2.24) is 9.80 Å². The summed E-state index contributed by atoms with van der Waals surface area (Å²) in [5.41, 5.74) is 1.38. The lowest BCUT2D eigenvalue weighted by Gasteiger charge is -2.34. The Balaban J connectivity index is 1.31. The van der Waals surface area contributed by atoms with Crippen LogP contribution in [0, 0.1) is 11.3 Å². The van der Waals surface area contributed by atoms with Crippen molar-refractivity contribution in [2.75, 3.05) is 38.3 Å². The molecule has 2 heterocycles. The SMILES string of the molecule is N#C/C(=C/N1CCN(Cc2ccc3c(c2)OCO3)CC1)C(=O)Nc1ccc(S(=O)(=O)O)cc1. The number of hydrogen-bond acceptors (Lipinski definition) is 8. The third-order valence-corrected chi connectivity index (χ3v) is 6.20. The average molecular weight is 471 g/mol. The van der Waals surface area contributed by atoms with Gasteiger partial charge in [0.1, 0.15) is 11.6 Å². The predicted octanol–water partition coefficient (Wildman–Crippen LogP) is 1.83. The van der Waals surface area contributed by atoms with Crippen LogP contribution in [0.1, 0.15) is 5.56 Å². The van der Waals surface area contributed by atoms with Crippen molar-refractivity contribution in [1.29, 1.82) is 5.26 Å². The van der Waals surface area contributed by atoms with E-state index in [2.05, 4.69) is 10.2 Å². The molecular weight excluding hydrogens is 448 g/mol. The monoisotopic (exact) mass is 470 g/mol. The van der Waals surface area contributed by atoms with Gasteiger partial charge >= 0.3 is 0 Å². The molecule has 2 aromatic carbocycles. The molecule has 1 saturated heterocycles. The molecule has 0 aromatic heterocycles. The molecule has 1 fully saturated rings. The first kappa shape index (κ1) is 22.6. The standard InChI is InChI=1S/C22H22N4O6S/c23-12-17(22(27)24-18-2-4-19(5-3-18)33(28,29)30)14-26-9-7-25(8-10-26)13-16-1-6-20-21(11-16)32-15-31-20/h1-6,11,14H,7-10,13,15H2,(H,24,27)(H,28,29,30)/b17-14-. The van der Waals surface area contributed by atoms with Crippen molar-refractivity contribution in [2.45, 2.75) is 11.4 Å². The van der Waals surface area contributed by atoms with Crippen LogP contribution in [0.15, 0.2) is 59.1 Å². The third kappa shape index (κ3) is 5.61. The summed E-state index contributed by atoms with van der Waals surface area (Å²) >= 11 is 0. The van der Waals surface area contributed by atoms with Crippen molar-refractivity contribution in [2.24, 2.45) is 0 Å². The number of carbonyl (C=O) groups is 1. The third-order valence-electron chi connectivity index (χ3n) is 5.34. The van der Waals surface area contributed by atoms with Crippen molar-refractivity contribution in [3.8, 4) is 17.6 Å². The summed E-state index contributed by atoms with van der Waals surface area (Å²) in [5, 5.41) is 12.0. The fraction of sp³-hybridized carbons (Fsp3) is 0.273. The lowest BCUT2D eigenvalue weighted by molar-refractivity contribution is -0.112. The van der Waals surface area contributed by atoms with E-state index in [1.807, 2.05) is 29.2 Å². The summed E-state index contributed by atoms with van der Waals surface area (Å²) in [4.78, 5) is 16.4. The summed E-state index contributed by atoms with van der Waals surface area (Å²) in [6.45, 7) is 3.86. The number of benzene rings is 2. The molecule has 0 bridgehead atoms. The molecule has 2 aliphatic rings. The minimum Gasteiger partial charge on any atom is -0.454 e. The molecule has 0 unspecified atom stereocenters. The van der Waals surface area contributed by atoms with E-state index in [1.165, 1.54) is 24.3 Å². The van der Waals surface area contributed by atoms with E-state index in [0.29, 0.717) is 18.8 Å². The number of rotatable bonds is 6. The van der Waals surface area contributed by atoms with Gasteiger partial charge in [0.15, 0.2) is 11.5 Å². The summed E-state index contributed by atoms with van der Waals surface area (Å²) < 4.78 is 42.0. The highest BCUT2D eigenvalue weighted by molar-refractivity contribution is 7.85. The topological polar surface area (TPSA) is 132 Å². The molecule has 0 radical (unpaired) electrons. The molecule has 172 valence electrons. The van der Waals surface area contributed by atoms with Crippen LogP contribution in [-0.2, 0) is 21.5 Å². The van der Waals surface area contributed by atoms with Crippen LogP contribution in [0.5, 0.6) is 11.5 Å². The smallest absolute Gasteiger partial charge is 0.294 e. The van der Waals surface area contributed by atoms with E-state index in [9.17, 15) is 18.5 Å². The lowest BCUT2D eigenvalue weighted by Crippen LogP contribution is -2.43. The van der Waals surface area contributed by atoms with Crippen LogP contribution in [0.3, 0.4) is 0 Å². The Morgan fingerprint density at radius 2 is 1.79 bits per heavy atom. The maximum atomic E-state index is 12.5. The molecule has 0 spiro atoms. The molecule has 0 atom stereocenters. The molecule has 0 saturated carbocycles. The van der Waals surface area contributed by atoms with Crippen molar-refractivity contribution >= 4 is 21.7 Å². The minimum atomic E-state index is -4.31. The first-order valence-corrected chi connectivity index (χ1v) is 11.6. The second-order valence-corrected chi connectivity index (χ2v) is 9.03. The minimum absolute atomic E-state index is 0.0573. The summed E-state index contributed by atoms with van der Waals surface area (Å²) in [6.07, 6.45) is 1.54. The zero-order valence-corrected chi connectivity index (χ0v) is 18.4. The predicted molar refractivity (Wildman–Crippen MR) is 118 cm³/mol. The van der Waals surface area contributed by atoms with Crippen LogP contribution in [0.25, 0.3) is 0 Å². The van der Waals surface area contributed by atoms with E-state index in [-0.39, 0.29) is 17.3 Å². The zero-order chi connectivity index (χ0) is 23.4. The Bertz CT molecular complexity index is 1210. The molecule has 11 heteroatoms. The Labute approximate surface area is 191 Å². The van der Waals surface area contributed by atoms with Gasteiger partial charge in [0.2, 0.25) is 6.79 Å². The number of hydrogen-bond donors (Lipinski definition) is 2. The van der Waals surface area contributed by atoms with Crippen LogP contribution in [0.2, 0.25) is 0 Å². The normalized spacial score (nSPS) is 16.4. The fourth-order valence-corrected chi connectivity index (χ4v) is 4.06. The Morgan fingerprint density at radius 3 is 2.45 bits per heavy atom. The van der Waals surface area contributed by atoms with E-state index in [4.69, 9.17) is 14.0 Å². The number of fused-ring (bicyclic) bond motifs is 1. The number of ether oxygens (including phenoxy) is 2. The van der Waals surface area contributed by atoms with Gasteiger partial charge in [-0.1, -0.05) is 6.07 Å². The van der Waals surface area contributed by atoms with Crippen LogP contribution in [0.4, 0.5) is 5.69 Å². The fourth-order valence-electron chi connectivity index (χ4n) is 3.58. The maximum absolute atomic E-state index is 12.5. The molecule has 4 rings (SSSR count). The van der Waals surface area contributed by atoms with Crippen LogP contribution < -0.4 is 14.8 Å². The Morgan fingerprint density at radius 1 is 1.09 bits per heavy atom. The van der Waals surface area contributed by atoms with E-state index >= 15 is 0 Å². The van der Waals surface area contributed by atoms with Gasteiger partial charge in [0, 0.05) is 44.6 Å². The number of carbonyl (C=O) groups excluding carboxylic acids is 1. The van der Waals surface area contributed by atoms with Gasteiger partial charge in [0.05, 0.1) is 4.90 Å². The molecule has 0 aliphatic carbocycles. The van der Waals surface area contributed by atoms with Gasteiger partial charge in [-0.2, -0.15) is 13.7 Å². The van der Waals surface area contributed by atoms with Crippen LogP contribution >= 0.6 is 0 Å². The average Bonchev–Trinajstić information content (AvgIpc) is 3.26. The van der Waals surface area contributed by atoms with Crippen LogP contribution in [-0.4, -0.2) is 61.6 Å². The molecule has 1 amide bonds. The summed E-state index contributed by atoms with van der Waals surface area (Å²) in [6, 6.07) is 12.8. The lowest BCUT2D eigenvalue weighted by atomic mass is 10.1. The number of anilines is 1. The largest absolute Gasteiger partial charge is 0.454 e. The Kier molecular flexibility index (Phi) is 6.50. The number of nitrogens with one attached hydrogen (secondary N) is 1. The first-order chi connectivity index (χ1) is 15.8. The number of amides is 1. The highest BCUT2D eigenvalue weighted by Crippen LogP contribution is 2.32.